The molecule has 3 nitrogen and oxygen atoms in total. The summed E-state index contributed by atoms with van der Waals surface area (Å²) < 4.78 is 5.92. The summed E-state index contributed by atoms with van der Waals surface area (Å²) in [6.07, 6.45) is 4.66. The van der Waals surface area contributed by atoms with Crippen molar-refractivity contribution in [1.82, 2.24) is 10.3 Å². The Morgan fingerprint density at radius 1 is 1.14 bits per heavy atom. The smallest absolute Gasteiger partial charge is 0.134 e. The van der Waals surface area contributed by atoms with Gasteiger partial charge in [-0.15, -0.1) is 0 Å². The largest absolute Gasteiger partial charge is 0.461 e. The van der Waals surface area contributed by atoms with Crippen molar-refractivity contribution in [3.05, 3.63) is 65.2 Å². The number of benzene rings is 1. The third-order valence-electron chi connectivity index (χ3n) is 3.86. The molecule has 3 aromatic rings. The van der Waals surface area contributed by atoms with Crippen molar-refractivity contribution in [2.24, 2.45) is 0 Å². The quantitative estimate of drug-likeness (QED) is 0.768. The molecule has 0 saturated carbocycles. The summed E-state index contributed by atoms with van der Waals surface area (Å²) in [5, 5.41) is 4.74. The van der Waals surface area contributed by atoms with Crippen LogP contribution in [0.4, 0.5) is 0 Å². The first kappa shape index (κ1) is 13.8. The van der Waals surface area contributed by atoms with Gasteiger partial charge in [0.2, 0.25) is 0 Å². The van der Waals surface area contributed by atoms with Gasteiger partial charge in [0.15, 0.2) is 0 Å². The van der Waals surface area contributed by atoms with E-state index in [-0.39, 0.29) is 0 Å². The van der Waals surface area contributed by atoms with Crippen LogP contribution in [0.2, 0.25) is 0 Å². The summed E-state index contributed by atoms with van der Waals surface area (Å²) in [4.78, 5) is 4.13. The summed E-state index contributed by atoms with van der Waals surface area (Å²) in [5.74, 6) is 1.08. The maximum Gasteiger partial charge on any atom is 0.134 e. The van der Waals surface area contributed by atoms with Gasteiger partial charge in [-0.2, -0.15) is 0 Å². The molecule has 0 saturated heterocycles. The predicted octanol–water partition coefficient (Wildman–Crippen LogP) is 3.99. The Morgan fingerprint density at radius 2 is 2.00 bits per heavy atom. The lowest BCUT2D eigenvalue weighted by Gasteiger charge is -2.07. The molecule has 0 atom stereocenters. The number of hydrogen-bond acceptors (Lipinski definition) is 3. The standard InChI is InChI=1S/C18H20N2O/c1-3-17-16(15-6-4-5-7-18(15)21-17)12-20-11-14-8-9-19-10-13(14)2/h4-10,20H,3,11-12H2,1-2H3. The van der Waals surface area contributed by atoms with Gasteiger partial charge < -0.3 is 9.73 Å². The lowest BCUT2D eigenvalue weighted by Crippen LogP contribution is -2.14. The highest BCUT2D eigenvalue weighted by Crippen LogP contribution is 2.26. The van der Waals surface area contributed by atoms with Gasteiger partial charge in [-0.05, 0) is 30.2 Å². The van der Waals surface area contributed by atoms with E-state index in [2.05, 4.69) is 42.3 Å². The summed E-state index contributed by atoms with van der Waals surface area (Å²) in [6.45, 7) is 5.89. The lowest BCUT2D eigenvalue weighted by atomic mass is 10.1. The topological polar surface area (TPSA) is 38.1 Å². The van der Waals surface area contributed by atoms with Crippen molar-refractivity contribution in [2.75, 3.05) is 0 Å². The van der Waals surface area contributed by atoms with Crippen LogP contribution in [0.5, 0.6) is 0 Å². The third-order valence-corrected chi connectivity index (χ3v) is 3.86. The van der Waals surface area contributed by atoms with Crippen molar-refractivity contribution in [1.29, 1.82) is 0 Å². The molecule has 3 rings (SSSR count). The molecule has 2 heterocycles. The number of aryl methyl sites for hydroxylation is 2. The fraction of sp³-hybridized carbons (Fsp3) is 0.278. The number of hydrogen-bond donors (Lipinski definition) is 1. The van der Waals surface area contributed by atoms with E-state index in [0.29, 0.717) is 0 Å². The zero-order valence-corrected chi connectivity index (χ0v) is 12.5. The third kappa shape index (κ3) is 2.83. The normalized spacial score (nSPS) is 11.1. The molecule has 0 fully saturated rings. The molecule has 0 bridgehead atoms. The monoisotopic (exact) mass is 280 g/mol. The zero-order chi connectivity index (χ0) is 14.7. The van der Waals surface area contributed by atoms with Crippen LogP contribution in [0.3, 0.4) is 0 Å². The van der Waals surface area contributed by atoms with E-state index in [4.69, 9.17) is 4.42 Å². The number of nitrogens with zero attached hydrogens (tertiary/aromatic N) is 1. The van der Waals surface area contributed by atoms with E-state index < -0.39 is 0 Å². The van der Waals surface area contributed by atoms with Crippen LogP contribution in [-0.2, 0) is 19.5 Å². The van der Waals surface area contributed by atoms with Crippen LogP contribution in [0.25, 0.3) is 11.0 Å². The molecule has 0 amide bonds. The van der Waals surface area contributed by atoms with Crippen molar-refractivity contribution in [3.8, 4) is 0 Å². The summed E-state index contributed by atoms with van der Waals surface area (Å²) in [7, 11) is 0. The first-order valence-corrected chi connectivity index (χ1v) is 7.39. The minimum atomic E-state index is 0.821. The highest BCUT2D eigenvalue weighted by atomic mass is 16.3. The average Bonchev–Trinajstić information content (AvgIpc) is 2.87. The summed E-state index contributed by atoms with van der Waals surface area (Å²) >= 11 is 0. The molecule has 1 N–H and O–H groups in total. The van der Waals surface area contributed by atoms with Crippen LogP contribution in [0.1, 0.15) is 29.4 Å². The van der Waals surface area contributed by atoms with Gasteiger partial charge in [-0.1, -0.05) is 25.1 Å². The van der Waals surface area contributed by atoms with E-state index in [1.165, 1.54) is 22.1 Å². The van der Waals surface area contributed by atoms with Crippen LogP contribution < -0.4 is 5.32 Å². The Kier molecular flexibility index (Phi) is 4.02. The van der Waals surface area contributed by atoms with E-state index in [0.717, 1.165) is 30.9 Å². The highest BCUT2D eigenvalue weighted by Gasteiger charge is 2.11. The van der Waals surface area contributed by atoms with Crippen LogP contribution >= 0.6 is 0 Å². The molecule has 2 aromatic heterocycles. The van der Waals surface area contributed by atoms with Gasteiger partial charge in [-0.25, -0.2) is 0 Å². The minimum absolute atomic E-state index is 0.821. The fourth-order valence-corrected chi connectivity index (χ4v) is 2.65. The Balaban J connectivity index is 1.77. The molecule has 0 aliphatic heterocycles. The van der Waals surface area contributed by atoms with Gasteiger partial charge in [-0.3, -0.25) is 4.98 Å². The van der Waals surface area contributed by atoms with Crippen LogP contribution in [0, 0.1) is 6.92 Å². The van der Waals surface area contributed by atoms with Crippen molar-refractivity contribution in [3.63, 3.8) is 0 Å². The Hall–Kier alpha value is -2.13. The second-order valence-corrected chi connectivity index (χ2v) is 5.26. The Bertz CT molecular complexity index is 746. The molecular formula is C18H20N2O. The number of aromatic nitrogens is 1. The average molecular weight is 280 g/mol. The van der Waals surface area contributed by atoms with Gasteiger partial charge in [0, 0.05) is 42.9 Å². The van der Waals surface area contributed by atoms with Gasteiger partial charge >= 0.3 is 0 Å². The Morgan fingerprint density at radius 3 is 2.81 bits per heavy atom. The van der Waals surface area contributed by atoms with E-state index >= 15 is 0 Å². The summed E-state index contributed by atoms with van der Waals surface area (Å²) in [6, 6.07) is 10.3. The molecule has 21 heavy (non-hydrogen) atoms. The van der Waals surface area contributed by atoms with Crippen LogP contribution in [0.15, 0.2) is 47.1 Å². The van der Waals surface area contributed by atoms with Crippen molar-refractivity contribution < 1.29 is 4.42 Å². The lowest BCUT2D eigenvalue weighted by molar-refractivity contribution is 0.544. The molecule has 3 heteroatoms. The maximum atomic E-state index is 5.92. The molecule has 0 aliphatic carbocycles. The van der Waals surface area contributed by atoms with Gasteiger partial charge in [0.05, 0.1) is 0 Å². The number of para-hydroxylation sites is 1. The zero-order valence-electron chi connectivity index (χ0n) is 12.5. The number of fused-ring (bicyclic) bond motifs is 1. The van der Waals surface area contributed by atoms with E-state index in [1.54, 1.807) is 0 Å². The van der Waals surface area contributed by atoms with Gasteiger partial charge in [0.1, 0.15) is 11.3 Å². The van der Waals surface area contributed by atoms with Crippen molar-refractivity contribution in [2.45, 2.75) is 33.4 Å². The minimum Gasteiger partial charge on any atom is -0.461 e. The van der Waals surface area contributed by atoms with Crippen LogP contribution in [-0.4, -0.2) is 4.98 Å². The first-order valence-electron chi connectivity index (χ1n) is 7.39. The number of rotatable bonds is 5. The number of pyridine rings is 1. The second-order valence-electron chi connectivity index (χ2n) is 5.26. The predicted molar refractivity (Wildman–Crippen MR) is 85.1 cm³/mol. The molecule has 0 spiro atoms. The summed E-state index contributed by atoms with van der Waals surface area (Å²) in [5.41, 5.74) is 4.76. The maximum absolute atomic E-state index is 5.92. The molecule has 0 radical (unpaired) electrons. The highest BCUT2D eigenvalue weighted by molar-refractivity contribution is 5.82. The molecular weight excluding hydrogens is 260 g/mol. The molecule has 0 unspecified atom stereocenters. The van der Waals surface area contributed by atoms with Crippen molar-refractivity contribution >= 4 is 11.0 Å². The SMILES string of the molecule is CCc1oc2ccccc2c1CNCc1ccncc1C. The second kappa shape index (κ2) is 6.10. The number of nitrogens with one attached hydrogen (secondary N) is 1. The van der Waals surface area contributed by atoms with E-state index in [1.807, 2.05) is 24.5 Å². The molecule has 108 valence electrons. The molecule has 0 aliphatic rings. The first-order chi connectivity index (χ1) is 10.3. The molecule has 1 aromatic carbocycles. The van der Waals surface area contributed by atoms with E-state index in [9.17, 15) is 0 Å². The number of furan rings is 1. The fourth-order valence-electron chi connectivity index (χ4n) is 2.65. The van der Waals surface area contributed by atoms with Gasteiger partial charge in [0.25, 0.3) is 0 Å². The Labute approximate surface area is 125 Å².